The summed E-state index contributed by atoms with van der Waals surface area (Å²) in [6, 6.07) is 23.7. The highest BCUT2D eigenvalue weighted by molar-refractivity contribution is 6.05. The lowest BCUT2D eigenvalue weighted by Gasteiger charge is -1.95. The first-order valence-corrected chi connectivity index (χ1v) is 7.69. The minimum Gasteiger partial charge on any atom is -0.456 e. The molecule has 2 aromatic heterocycles. The fraction of sp³-hybridized carbons (Fsp3) is 0. The minimum absolute atomic E-state index is 0.483. The van der Waals surface area contributed by atoms with Gasteiger partial charge in [0.2, 0.25) is 11.8 Å². The van der Waals surface area contributed by atoms with E-state index < -0.39 is 0 Å². The van der Waals surface area contributed by atoms with Crippen molar-refractivity contribution in [2.24, 2.45) is 0 Å². The second-order valence-corrected chi connectivity index (χ2v) is 5.59. The van der Waals surface area contributed by atoms with E-state index in [9.17, 15) is 0 Å². The third kappa shape index (κ3) is 2.01. The third-order valence-electron chi connectivity index (χ3n) is 4.07. The maximum atomic E-state index is 5.92. The summed E-state index contributed by atoms with van der Waals surface area (Å²) < 4.78 is 11.7. The van der Waals surface area contributed by atoms with E-state index in [0.717, 1.165) is 33.1 Å². The smallest absolute Gasteiger partial charge is 0.248 e. The molecule has 2 heterocycles. The molecule has 5 rings (SSSR count). The van der Waals surface area contributed by atoms with Crippen molar-refractivity contribution in [3.63, 3.8) is 0 Å². The van der Waals surface area contributed by atoms with Crippen LogP contribution < -0.4 is 0 Å². The Kier molecular flexibility index (Phi) is 2.76. The number of aromatic nitrogens is 2. The summed E-state index contributed by atoms with van der Waals surface area (Å²) in [5, 5.41) is 10.5. The average Bonchev–Trinajstić information content (AvgIpc) is 3.27. The van der Waals surface area contributed by atoms with Gasteiger partial charge in [-0.3, -0.25) is 0 Å². The van der Waals surface area contributed by atoms with Crippen LogP contribution in [0, 0.1) is 0 Å². The van der Waals surface area contributed by atoms with E-state index in [4.69, 9.17) is 8.83 Å². The molecule has 0 atom stereocenters. The van der Waals surface area contributed by atoms with Gasteiger partial charge in [0.25, 0.3) is 0 Å². The zero-order valence-corrected chi connectivity index (χ0v) is 12.6. The molecule has 0 bridgehead atoms. The van der Waals surface area contributed by atoms with Crippen LogP contribution in [0.15, 0.2) is 81.6 Å². The molecule has 114 valence electrons. The molecule has 5 aromatic rings. The van der Waals surface area contributed by atoms with Crippen LogP contribution in [0.2, 0.25) is 0 Å². The molecule has 4 heteroatoms. The van der Waals surface area contributed by atoms with Gasteiger partial charge in [0.1, 0.15) is 11.2 Å². The van der Waals surface area contributed by atoms with E-state index in [1.807, 2.05) is 66.7 Å². The van der Waals surface area contributed by atoms with Crippen molar-refractivity contribution < 1.29 is 8.83 Å². The lowest BCUT2D eigenvalue weighted by molar-refractivity contribution is 0.584. The van der Waals surface area contributed by atoms with E-state index in [0.29, 0.717) is 11.8 Å². The van der Waals surface area contributed by atoms with Crippen LogP contribution in [0.25, 0.3) is 44.8 Å². The first-order chi connectivity index (χ1) is 11.9. The fourth-order valence-corrected chi connectivity index (χ4v) is 2.90. The van der Waals surface area contributed by atoms with Crippen molar-refractivity contribution in [3.8, 4) is 22.9 Å². The molecule has 3 aromatic carbocycles. The average molecular weight is 312 g/mol. The molecule has 24 heavy (non-hydrogen) atoms. The molecule has 0 aliphatic rings. The van der Waals surface area contributed by atoms with Gasteiger partial charge in [0, 0.05) is 21.9 Å². The second-order valence-electron chi connectivity index (χ2n) is 5.59. The van der Waals surface area contributed by atoms with Crippen LogP contribution in [-0.2, 0) is 0 Å². The molecule has 0 amide bonds. The number of benzene rings is 3. The van der Waals surface area contributed by atoms with Crippen LogP contribution in [-0.4, -0.2) is 10.2 Å². The number of fused-ring (bicyclic) bond motifs is 3. The Labute approximate surface area is 137 Å². The second kappa shape index (κ2) is 5.06. The van der Waals surface area contributed by atoms with Gasteiger partial charge >= 0.3 is 0 Å². The topological polar surface area (TPSA) is 52.1 Å². The first-order valence-electron chi connectivity index (χ1n) is 7.69. The van der Waals surface area contributed by atoms with Crippen LogP contribution in [0.3, 0.4) is 0 Å². The Hall–Kier alpha value is -3.40. The molecule has 0 saturated carbocycles. The number of nitrogens with zero attached hydrogens (tertiary/aromatic N) is 2. The molecular formula is C20H12N2O2. The van der Waals surface area contributed by atoms with Crippen molar-refractivity contribution in [1.82, 2.24) is 10.2 Å². The molecule has 0 N–H and O–H groups in total. The Morgan fingerprint density at radius 1 is 0.542 bits per heavy atom. The summed E-state index contributed by atoms with van der Waals surface area (Å²) in [4.78, 5) is 0. The summed E-state index contributed by atoms with van der Waals surface area (Å²) >= 11 is 0. The Bertz CT molecular complexity index is 1160. The number of hydrogen-bond donors (Lipinski definition) is 0. The van der Waals surface area contributed by atoms with E-state index in [-0.39, 0.29) is 0 Å². The van der Waals surface area contributed by atoms with Gasteiger partial charge in [-0.1, -0.05) is 36.4 Å². The lowest BCUT2D eigenvalue weighted by Crippen LogP contribution is -1.77. The molecule has 0 aliphatic heterocycles. The highest BCUT2D eigenvalue weighted by Crippen LogP contribution is 2.32. The van der Waals surface area contributed by atoms with Gasteiger partial charge in [0.15, 0.2) is 0 Å². The van der Waals surface area contributed by atoms with Crippen LogP contribution in [0.5, 0.6) is 0 Å². The van der Waals surface area contributed by atoms with E-state index >= 15 is 0 Å². The first kappa shape index (κ1) is 13.1. The predicted molar refractivity (Wildman–Crippen MR) is 92.4 cm³/mol. The molecule has 0 saturated heterocycles. The minimum atomic E-state index is 0.483. The summed E-state index contributed by atoms with van der Waals surface area (Å²) in [6.07, 6.45) is 0. The monoisotopic (exact) mass is 312 g/mol. The van der Waals surface area contributed by atoms with Crippen molar-refractivity contribution in [2.45, 2.75) is 0 Å². The molecule has 0 spiro atoms. The summed E-state index contributed by atoms with van der Waals surface area (Å²) in [6.45, 7) is 0. The normalized spacial score (nSPS) is 11.3. The fourth-order valence-electron chi connectivity index (χ4n) is 2.90. The van der Waals surface area contributed by atoms with Crippen molar-refractivity contribution in [3.05, 3.63) is 72.8 Å². The summed E-state index contributed by atoms with van der Waals surface area (Å²) in [5.74, 6) is 0.992. The van der Waals surface area contributed by atoms with Crippen LogP contribution in [0.4, 0.5) is 0 Å². The lowest BCUT2D eigenvalue weighted by atomic mass is 10.1. The zero-order valence-electron chi connectivity index (χ0n) is 12.6. The zero-order chi connectivity index (χ0) is 15.9. The standard InChI is InChI=1S/C20H12N2O2/c1-2-6-13(7-3-1)19-21-22-20(24-19)14-10-11-16-15-8-4-5-9-17(15)23-18(16)12-14/h1-12H. The molecular weight excluding hydrogens is 300 g/mol. The van der Waals surface area contributed by atoms with Gasteiger partial charge in [-0.2, -0.15) is 0 Å². The number of para-hydroxylation sites is 1. The predicted octanol–water partition coefficient (Wildman–Crippen LogP) is 5.30. The van der Waals surface area contributed by atoms with E-state index in [1.54, 1.807) is 0 Å². The van der Waals surface area contributed by atoms with Crippen molar-refractivity contribution in [2.75, 3.05) is 0 Å². The Morgan fingerprint density at radius 3 is 2.12 bits per heavy atom. The summed E-state index contributed by atoms with van der Waals surface area (Å²) in [7, 11) is 0. The highest BCUT2D eigenvalue weighted by Gasteiger charge is 2.13. The molecule has 0 aliphatic carbocycles. The third-order valence-corrected chi connectivity index (χ3v) is 4.07. The Morgan fingerprint density at radius 2 is 1.25 bits per heavy atom. The molecule has 4 nitrogen and oxygen atoms in total. The molecule has 0 fully saturated rings. The van der Waals surface area contributed by atoms with Gasteiger partial charge in [-0.05, 0) is 36.4 Å². The summed E-state index contributed by atoms with van der Waals surface area (Å²) in [5.41, 5.74) is 3.44. The number of furan rings is 1. The maximum absolute atomic E-state index is 5.92. The highest BCUT2D eigenvalue weighted by atomic mass is 16.4. The SMILES string of the molecule is c1ccc(-c2nnc(-c3ccc4c(c3)oc3ccccc34)o2)cc1. The Balaban J connectivity index is 1.62. The van der Waals surface area contributed by atoms with Gasteiger partial charge in [0.05, 0.1) is 0 Å². The van der Waals surface area contributed by atoms with Gasteiger partial charge in [-0.15, -0.1) is 10.2 Å². The largest absolute Gasteiger partial charge is 0.456 e. The van der Waals surface area contributed by atoms with Crippen molar-refractivity contribution >= 4 is 21.9 Å². The molecule has 0 radical (unpaired) electrons. The van der Waals surface area contributed by atoms with Gasteiger partial charge in [-0.25, -0.2) is 0 Å². The van der Waals surface area contributed by atoms with Crippen LogP contribution in [0.1, 0.15) is 0 Å². The van der Waals surface area contributed by atoms with E-state index in [1.165, 1.54) is 0 Å². The number of hydrogen-bond acceptors (Lipinski definition) is 4. The number of rotatable bonds is 2. The maximum Gasteiger partial charge on any atom is 0.248 e. The molecule has 0 unspecified atom stereocenters. The van der Waals surface area contributed by atoms with E-state index in [2.05, 4.69) is 16.3 Å². The van der Waals surface area contributed by atoms with Crippen LogP contribution >= 0.6 is 0 Å². The quantitative estimate of drug-likeness (QED) is 0.443. The van der Waals surface area contributed by atoms with Crippen molar-refractivity contribution in [1.29, 1.82) is 0 Å². The van der Waals surface area contributed by atoms with Gasteiger partial charge < -0.3 is 8.83 Å².